The second-order valence-electron chi connectivity index (χ2n) is 7.13. The maximum absolute atomic E-state index is 12.8. The van der Waals surface area contributed by atoms with Crippen molar-refractivity contribution < 1.29 is 14.3 Å². The number of amides is 1. The number of fused-ring (bicyclic) bond motifs is 1. The van der Waals surface area contributed by atoms with Crippen molar-refractivity contribution in [1.82, 2.24) is 14.8 Å². The second-order valence-corrected chi connectivity index (χ2v) is 7.13. The minimum atomic E-state index is -0.564. The van der Waals surface area contributed by atoms with Crippen LogP contribution in [0.1, 0.15) is 38.8 Å². The van der Waals surface area contributed by atoms with Crippen molar-refractivity contribution in [2.45, 2.75) is 20.8 Å². The van der Waals surface area contributed by atoms with Gasteiger partial charge in [0.05, 0.1) is 18.3 Å². The van der Waals surface area contributed by atoms with Crippen molar-refractivity contribution >= 4 is 28.6 Å². The number of carbonyl (C=O) groups is 2. The summed E-state index contributed by atoms with van der Waals surface area (Å²) in [5.74, 6) is -0.210. The van der Waals surface area contributed by atoms with E-state index in [0.717, 1.165) is 22.0 Å². The number of carbonyl (C=O) groups excluding carboxylic acids is 2. The van der Waals surface area contributed by atoms with Crippen LogP contribution in [0.2, 0.25) is 0 Å². The molecule has 4 rings (SSSR count). The Morgan fingerprint density at radius 1 is 1.03 bits per heavy atom. The number of para-hydroxylation sites is 1. The molecule has 0 unspecified atom stereocenters. The molecular formula is C24H22N4O3. The number of benzene rings is 2. The molecule has 0 aliphatic heterocycles. The Kier molecular flexibility index (Phi) is 5.49. The Bertz CT molecular complexity index is 1280. The third-order valence-corrected chi connectivity index (χ3v) is 4.98. The van der Waals surface area contributed by atoms with Crippen LogP contribution in [-0.2, 0) is 4.74 Å². The number of aromatic nitrogens is 3. The summed E-state index contributed by atoms with van der Waals surface area (Å²) >= 11 is 0. The zero-order valence-electron chi connectivity index (χ0n) is 17.5. The lowest BCUT2D eigenvalue weighted by Crippen LogP contribution is -2.18. The fourth-order valence-electron chi connectivity index (χ4n) is 3.42. The van der Waals surface area contributed by atoms with Crippen LogP contribution < -0.4 is 5.32 Å². The molecule has 7 nitrogen and oxygen atoms in total. The number of hydrogen-bond donors (Lipinski definition) is 1. The summed E-state index contributed by atoms with van der Waals surface area (Å²) in [5, 5.41) is 8.21. The number of anilines is 1. The first-order chi connectivity index (χ1) is 15.0. The highest BCUT2D eigenvalue weighted by molar-refractivity contribution is 6.07. The lowest BCUT2D eigenvalue weighted by Gasteiger charge is -2.13. The summed E-state index contributed by atoms with van der Waals surface area (Å²) in [5.41, 5.74) is 3.50. The third kappa shape index (κ3) is 3.90. The molecule has 2 aromatic heterocycles. The van der Waals surface area contributed by atoms with Crippen molar-refractivity contribution in [3.05, 3.63) is 83.0 Å². The van der Waals surface area contributed by atoms with Crippen LogP contribution in [0.15, 0.2) is 60.8 Å². The molecule has 0 atom stereocenters. The van der Waals surface area contributed by atoms with Crippen LogP contribution in [0.25, 0.3) is 16.7 Å². The predicted octanol–water partition coefficient (Wildman–Crippen LogP) is 4.47. The van der Waals surface area contributed by atoms with Gasteiger partial charge in [0.25, 0.3) is 5.91 Å². The molecule has 1 N–H and O–H groups in total. The Labute approximate surface area is 179 Å². The highest BCUT2D eigenvalue weighted by atomic mass is 16.5. The summed E-state index contributed by atoms with van der Waals surface area (Å²) in [6.07, 6.45) is 1.39. The molecule has 0 saturated heterocycles. The van der Waals surface area contributed by atoms with Crippen LogP contribution in [0.3, 0.4) is 0 Å². The maximum Gasteiger partial charge on any atom is 0.343 e. The molecule has 2 aromatic carbocycles. The molecule has 0 fully saturated rings. The predicted molar refractivity (Wildman–Crippen MR) is 119 cm³/mol. The topological polar surface area (TPSA) is 86.1 Å². The standard InChI is InChI=1S/C24H22N4O3/c1-4-31-24(30)19-14-25-28(22(19)27-23(29)17-10-6-5-7-11-17)20-13-16(3)18-12-8-9-15(2)21(18)26-20/h5-14H,4H2,1-3H3,(H,27,29). The number of aryl methyl sites for hydroxylation is 2. The molecule has 0 aliphatic rings. The number of esters is 1. The van der Waals surface area contributed by atoms with Gasteiger partial charge >= 0.3 is 5.97 Å². The van der Waals surface area contributed by atoms with E-state index in [1.807, 2.05) is 44.2 Å². The van der Waals surface area contributed by atoms with E-state index in [0.29, 0.717) is 11.4 Å². The van der Waals surface area contributed by atoms with Crippen LogP contribution in [0.4, 0.5) is 5.82 Å². The molecule has 0 radical (unpaired) electrons. The normalized spacial score (nSPS) is 10.8. The quantitative estimate of drug-likeness (QED) is 0.487. The molecule has 0 spiro atoms. The van der Waals surface area contributed by atoms with Gasteiger partial charge in [-0.25, -0.2) is 9.78 Å². The SMILES string of the molecule is CCOC(=O)c1cnn(-c2cc(C)c3cccc(C)c3n2)c1NC(=O)c1ccccc1. The van der Waals surface area contributed by atoms with E-state index in [9.17, 15) is 9.59 Å². The number of nitrogens with zero attached hydrogens (tertiary/aromatic N) is 3. The summed E-state index contributed by atoms with van der Waals surface area (Å²) in [6, 6.07) is 16.6. The first-order valence-electron chi connectivity index (χ1n) is 9.98. The zero-order valence-corrected chi connectivity index (χ0v) is 17.5. The van der Waals surface area contributed by atoms with E-state index in [4.69, 9.17) is 9.72 Å². The Morgan fingerprint density at radius 2 is 1.81 bits per heavy atom. The molecule has 0 aliphatic carbocycles. The Hall–Kier alpha value is -4.00. The van der Waals surface area contributed by atoms with Gasteiger partial charge in [0.1, 0.15) is 5.56 Å². The van der Waals surface area contributed by atoms with Crippen molar-refractivity contribution in [1.29, 1.82) is 0 Å². The molecule has 31 heavy (non-hydrogen) atoms. The minimum absolute atomic E-state index is 0.162. The lowest BCUT2D eigenvalue weighted by molar-refractivity contribution is 0.0527. The average Bonchev–Trinajstić information content (AvgIpc) is 3.18. The van der Waals surface area contributed by atoms with Gasteiger partial charge in [-0.05, 0) is 50.1 Å². The van der Waals surface area contributed by atoms with Crippen molar-refractivity contribution in [3.8, 4) is 5.82 Å². The van der Waals surface area contributed by atoms with Crippen molar-refractivity contribution in [3.63, 3.8) is 0 Å². The number of hydrogen-bond acceptors (Lipinski definition) is 5. The third-order valence-electron chi connectivity index (χ3n) is 4.98. The van der Waals surface area contributed by atoms with Crippen LogP contribution in [0, 0.1) is 13.8 Å². The van der Waals surface area contributed by atoms with E-state index in [-0.39, 0.29) is 23.9 Å². The van der Waals surface area contributed by atoms with E-state index >= 15 is 0 Å². The summed E-state index contributed by atoms with van der Waals surface area (Å²) in [6.45, 7) is 5.92. The van der Waals surface area contributed by atoms with E-state index in [1.165, 1.54) is 10.9 Å². The molecule has 7 heteroatoms. The molecule has 4 aromatic rings. The first kappa shape index (κ1) is 20.3. The Balaban J connectivity index is 1.85. The largest absolute Gasteiger partial charge is 0.462 e. The van der Waals surface area contributed by atoms with Gasteiger partial charge in [0.2, 0.25) is 0 Å². The second kappa shape index (κ2) is 8.39. The highest BCUT2D eigenvalue weighted by Gasteiger charge is 2.23. The molecule has 156 valence electrons. The molecule has 1 amide bonds. The maximum atomic E-state index is 12.8. The zero-order chi connectivity index (χ0) is 22.0. The van der Waals surface area contributed by atoms with Gasteiger partial charge in [0.15, 0.2) is 11.6 Å². The Morgan fingerprint density at radius 3 is 2.55 bits per heavy atom. The smallest absolute Gasteiger partial charge is 0.343 e. The number of pyridine rings is 1. The number of nitrogens with one attached hydrogen (secondary N) is 1. The van der Waals surface area contributed by atoms with Crippen LogP contribution in [-0.4, -0.2) is 33.2 Å². The van der Waals surface area contributed by atoms with E-state index in [1.54, 1.807) is 31.2 Å². The van der Waals surface area contributed by atoms with Crippen LogP contribution >= 0.6 is 0 Å². The van der Waals surface area contributed by atoms with Gasteiger partial charge in [-0.1, -0.05) is 36.4 Å². The monoisotopic (exact) mass is 414 g/mol. The molecular weight excluding hydrogens is 392 g/mol. The van der Waals surface area contributed by atoms with Gasteiger partial charge in [0, 0.05) is 10.9 Å². The molecule has 0 saturated carbocycles. The van der Waals surface area contributed by atoms with E-state index < -0.39 is 5.97 Å². The van der Waals surface area contributed by atoms with Gasteiger partial charge < -0.3 is 10.1 Å². The van der Waals surface area contributed by atoms with Gasteiger partial charge in [-0.2, -0.15) is 9.78 Å². The van der Waals surface area contributed by atoms with Crippen LogP contribution in [0.5, 0.6) is 0 Å². The summed E-state index contributed by atoms with van der Waals surface area (Å²) < 4.78 is 6.62. The molecule has 0 bridgehead atoms. The number of rotatable bonds is 5. The highest BCUT2D eigenvalue weighted by Crippen LogP contribution is 2.26. The van der Waals surface area contributed by atoms with Crippen molar-refractivity contribution in [2.75, 3.05) is 11.9 Å². The minimum Gasteiger partial charge on any atom is -0.462 e. The van der Waals surface area contributed by atoms with Crippen molar-refractivity contribution in [2.24, 2.45) is 0 Å². The summed E-state index contributed by atoms with van der Waals surface area (Å²) in [7, 11) is 0. The van der Waals surface area contributed by atoms with E-state index in [2.05, 4.69) is 10.4 Å². The first-order valence-corrected chi connectivity index (χ1v) is 9.98. The average molecular weight is 414 g/mol. The van der Waals surface area contributed by atoms with Gasteiger partial charge in [-0.3, -0.25) is 4.79 Å². The number of ether oxygens (including phenoxy) is 1. The lowest BCUT2D eigenvalue weighted by atomic mass is 10.1. The molecule has 2 heterocycles. The van der Waals surface area contributed by atoms with Gasteiger partial charge in [-0.15, -0.1) is 0 Å². The fourth-order valence-corrected chi connectivity index (χ4v) is 3.42. The summed E-state index contributed by atoms with van der Waals surface area (Å²) in [4.78, 5) is 30.1. The fraction of sp³-hybridized carbons (Fsp3) is 0.167.